The van der Waals surface area contributed by atoms with Crippen LogP contribution in [0.2, 0.25) is 0 Å². The maximum absolute atomic E-state index is 5.81. The molecule has 1 aliphatic rings. The Balaban J connectivity index is 2.01. The molecule has 0 amide bonds. The van der Waals surface area contributed by atoms with Crippen molar-refractivity contribution in [3.63, 3.8) is 0 Å². The summed E-state index contributed by atoms with van der Waals surface area (Å²) in [6.07, 6.45) is 2.14. The number of fused-ring (bicyclic) bond motifs is 1. The van der Waals surface area contributed by atoms with Crippen LogP contribution in [0, 0.1) is 11.8 Å². The quantitative estimate of drug-likeness (QED) is 0.940. The van der Waals surface area contributed by atoms with Gasteiger partial charge in [-0.15, -0.1) is 0 Å². The van der Waals surface area contributed by atoms with E-state index in [4.69, 9.17) is 10.7 Å². The third kappa shape index (κ3) is 2.88. The van der Waals surface area contributed by atoms with E-state index in [1.54, 1.807) is 0 Å². The van der Waals surface area contributed by atoms with Gasteiger partial charge in [0, 0.05) is 18.5 Å². The Morgan fingerprint density at radius 3 is 2.81 bits per heavy atom. The van der Waals surface area contributed by atoms with Gasteiger partial charge < -0.3 is 10.6 Å². The zero-order chi connectivity index (χ0) is 14.8. The van der Waals surface area contributed by atoms with Crippen molar-refractivity contribution in [1.82, 2.24) is 4.98 Å². The first-order valence-corrected chi connectivity index (χ1v) is 8.02. The fourth-order valence-corrected chi connectivity index (χ4v) is 3.22. The molecule has 0 bridgehead atoms. The number of para-hydroxylation sites is 1. The minimum absolute atomic E-state index is 0.673. The van der Waals surface area contributed by atoms with Crippen LogP contribution in [-0.2, 0) is 6.42 Å². The van der Waals surface area contributed by atoms with Gasteiger partial charge in [0.15, 0.2) is 0 Å². The lowest BCUT2D eigenvalue weighted by Crippen LogP contribution is -2.39. The molecule has 3 rings (SSSR count). The van der Waals surface area contributed by atoms with Crippen LogP contribution < -0.4 is 10.6 Å². The van der Waals surface area contributed by atoms with E-state index in [-0.39, 0.29) is 0 Å². The molecule has 2 heterocycles. The topological polar surface area (TPSA) is 42.2 Å². The lowest BCUT2D eigenvalue weighted by molar-refractivity contribution is 0.322. The van der Waals surface area contributed by atoms with Crippen molar-refractivity contribution >= 4 is 16.7 Å². The molecule has 0 spiro atoms. The van der Waals surface area contributed by atoms with Crippen LogP contribution in [-0.4, -0.2) is 24.6 Å². The average molecular weight is 283 g/mol. The number of benzene rings is 1. The summed E-state index contributed by atoms with van der Waals surface area (Å²) in [4.78, 5) is 7.41. The van der Waals surface area contributed by atoms with Gasteiger partial charge in [0.25, 0.3) is 0 Å². The Morgan fingerprint density at radius 2 is 2.05 bits per heavy atom. The Kier molecular flexibility index (Phi) is 4.11. The van der Waals surface area contributed by atoms with Crippen LogP contribution in [0.5, 0.6) is 0 Å². The summed E-state index contributed by atoms with van der Waals surface area (Å²) in [5, 5.41) is 1.21. The minimum Gasteiger partial charge on any atom is -0.356 e. The van der Waals surface area contributed by atoms with Crippen LogP contribution in [0.15, 0.2) is 30.3 Å². The second-order valence-corrected chi connectivity index (χ2v) is 6.39. The molecule has 2 atom stereocenters. The molecule has 1 aliphatic heterocycles. The van der Waals surface area contributed by atoms with Crippen molar-refractivity contribution in [1.29, 1.82) is 0 Å². The molecular formula is C18H25N3. The predicted molar refractivity (Wildman–Crippen MR) is 89.7 cm³/mol. The van der Waals surface area contributed by atoms with Gasteiger partial charge in [-0.2, -0.15) is 0 Å². The first-order valence-electron chi connectivity index (χ1n) is 8.02. The van der Waals surface area contributed by atoms with Crippen molar-refractivity contribution in [3.05, 3.63) is 35.9 Å². The Bertz CT molecular complexity index is 623. The zero-order valence-corrected chi connectivity index (χ0v) is 13.0. The molecular weight excluding hydrogens is 258 g/mol. The van der Waals surface area contributed by atoms with Crippen LogP contribution in [0.1, 0.15) is 25.8 Å². The zero-order valence-electron chi connectivity index (χ0n) is 13.0. The van der Waals surface area contributed by atoms with Crippen molar-refractivity contribution < 1.29 is 0 Å². The molecule has 1 aromatic heterocycles. The van der Waals surface area contributed by atoms with Crippen molar-refractivity contribution in [3.8, 4) is 0 Å². The van der Waals surface area contributed by atoms with Crippen LogP contribution in [0.3, 0.4) is 0 Å². The molecule has 1 aromatic carbocycles. The first-order chi connectivity index (χ1) is 10.2. The molecule has 1 fully saturated rings. The number of hydrogen-bond donors (Lipinski definition) is 1. The average Bonchev–Trinajstić information content (AvgIpc) is 2.50. The van der Waals surface area contributed by atoms with E-state index in [2.05, 4.69) is 49.1 Å². The number of rotatable bonds is 3. The number of nitrogens with two attached hydrogens (primary N) is 1. The van der Waals surface area contributed by atoms with E-state index in [9.17, 15) is 0 Å². The highest BCUT2D eigenvalue weighted by molar-refractivity contribution is 5.81. The predicted octanol–water partition coefficient (Wildman–Crippen LogP) is 3.22. The fraction of sp³-hybridized carbons (Fsp3) is 0.500. The van der Waals surface area contributed by atoms with Gasteiger partial charge in [0.1, 0.15) is 5.82 Å². The lowest BCUT2D eigenvalue weighted by atomic mass is 9.88. The van der Waals surface area contributed by atoms with Gasteiger partial charge in [-0.05, 0) is 48.9 Å². The third-order valence-electron chi connectivity index (χ3n) is 4.83. The molecule has 0 aliphatic carbocycles. The van der Waals surface area contributed by atoms with Gasteiger partial charge in [-0.25, -0.2) is 4.98 Å². The standard InChI is InChI=1S/C18H25N3/c1-13-8-10-21(12-14(13)2)18-16(7-9-19)11-15-5-3-4-6-17(15)20-18/h3-6,11,13-14H,7-10,12,19H2,1-2H3. The highest BCUT2D eigenvalue weighted by Gasteiger charge is 2.25. The van der Waals surface area contributed by atoms with Crippen LogP contribution in [0.25, 0.3) is 10.9 Å². The summed E-state index contributed by atoms with van der Waals surface area (Å²) in [6.45, 7) is 7.59. The number of aromatic nitrogens is 1. The van der Waals surface area contributed by atoms with Crippen molar-refractivity contribution in [2.24, 2.45) is 17.6 Å². The molecule has 3 heteroatoms. The van der Waals surface area contributed by atoms with E-state index in [0.717, 1.165) is 42.7 Å². The van der Waals surface area contributed by atoms with Gasteiger partial charge in [-0.1, -0.05) is 32.0 Å². The summed E-state index contributed by atoms with van der Waals surface area (Å²) in [5.74, 6) is 2.68. The molecule has 112 valence electrons. The van der Waals surface area contributed by atoms with Gasteiger partial charge >= 0.3 is 0 Å². The Labute approximate surface area is 127 Å². The Hall–Kier alpha value is -1.61. The SMILES string of the molecule is CC1CCN(c2nc3ccccc3cc2CCN)CC1C. The van der Waals surface area contributed by atoms with Gasteiger partial charge in [-0.3, -0.25) is 0 Å². The molecule has 21 heavy (non-hydrogen) atoms. The van der Waals surface area contributed by atoms with Crippen LogP contribution in [0.4, 0.5) is 5.82 Å². The minimum atomic E-state index is 0.673. The summed E-state index contributed by atoms with van der Waals surface area (Å²) >= 11 is 0. The van der Waals surface area contributed by atoms with Crippen molar-refractivity contribution in [2.45, 2.75) is 26.7 Å². The number of anilines is 1. The molecule has 2 N–H and O–H groups in total. The monoisotopic (exact) mass is 283 g/mol. The Morgan fingerprint density at radius 1 is 1.24 bits per heavy atom. The first kappa shape index (κ1) is 14.3. The van der Waals surface area contributed by atoms with Gasteiger partial charge in [0.2, 0.25) is 0 Å². The van der Waals surface area contributed by atoms with E-state index in [1.165, 1.54) is 17.4 Å². The summed E-state index contributed by atoms with van der Waals surface area (Å²) in [5.41, 5.74) is 8.18. The second kappa shape index (κ2) is 6.02. The second-order valence-electron chi connectivity index (χ2n) is 6.39. The number of piperidine rings is 1. The smallest absolute Gasteiger partial charge is 0.132 e. The van der Waals surface area contributed by atoms with E-state index in [1.807, 2.05) is 0 Å². The van der Waals surface area contributed by atoms with E-state index < -0.39 is 0 Å². The maximum atomic E-state index is 5.81. The normalized spacial score (nSPS) is 22.7. The fourth-order valence-electron chi connectivity index (χ4n) is 3.22. The number of hydrogen-bond acceptors (Lipinski definition) is 3. The molecule has 2 unspecified atom stereocenters. The summed E-state index contributed by atoms with van der Waals surface area (Å²) in [7, 11) is 0. The van der Waals surface area contributed by atoms with E-state index in [0.29, 0.717) is 6.54 Å². The number of nitrogens with zero attached hydrogens (tertiary/aromatic N) is 2. The molecule has 0 saturated carbocycles. The lowest BCUT2D eigenvalue weighted by Gasteiger charge is -2.37. The highest BCUT2D eigenvalue weighted by atomic mass is 15.2. The molecule has 3 nitrogen and oxygen atoms in total. The summed E-state index contributed by atoms with van der Waals surface area (Å²) < 4.78 is 0. The van der Waals surface area contributed by atoms with Crippen LogP contribution >= 0.6 is 0 Å². The molecule has 2 aromatic rings. The maximum Gasteiger partial charge on any atom is 0.132 e. The molecule has 0 radical (unpaired) electrons. The third-order valence-corrected chi connectivity index (χ3v) is 4.83. The largest absolute Gasteiger partial charge is 0.356 e. The van der Waals surface area contributed by atoms with Gasteiger partial charge in [0.05, 0.1) is 5.52 Å². The number of pyridine rings is 1. The summed E-state index contributed by atoms with van der Waals surface area (Å²) in [6, 6.07) is 10.6. The van der Waals surface area contributed by atoms with Crippen molar-refractivity contribution in [2.75, 3.05) is 24.5 Å². The highest BCUT2D eigenvalue weighted by Crippen LogP contribution is 2.30. The van der Waals surface area contributed by atoms with E-state index >= 15 is 0 Å². The molecule has 1 saturated heterocycles.